The molecule has 0 bridgehead atoms. The predicted molar refractivity (Wildman–Crippen MR) is 72.9 cm³/mol. The average molecular weight is 304 g/mol. The first-order valence-corrected chi connectivity index (χ1v) is 7.07. The number of urea groups is 1. The smallest absolute Gasteiger partial charge is 0.326 e. The van der Waals surface area contributed by atoms with Gasteiger partial charge in [0.1, 0.15) is 17.7 Å². The first kappa shape index (κ1) is 16.2. The van der Waals surface area contributed by atoms with Gasteiger partial charge in [0.2, 0.25) is 0 Å². The fourth-order valence-electron chi connectivity index (χ4n) is 1.40. The SMILES string of the molecule is CSCCC(NC(=O)Nc1cc(F)ccc1F)C(=O)O. The number of hydrogen-bond acceptors (Lipinski definition) is 3. The number of carbonyl (C=O) groups excluding carboxylic acids is 1. The molecule has 0 saturated heterocycles. The summed E-state index contributed by atoms with van der Waals surface area (Å²) in [5.41, 5.74) is -0.350. The highest BCUT2D eigenvalue weighted by molar-refractivity contribution is 7.98. The number of aliphatic carboxylic acids is 1. The summed E-state index contributed by atoms with van der Waals surface area (Å²) < 4.78 is 26.2. The van der Waals surface area contributed by atoms with Gasteiger partial charge in [-0.1, -0.05) is 0 Å². The van der Waals surface area contributed by atoms with Gasteiger partial charge < -0.3 is 15.7 Å². The maximum Gasteiger partial charge on any atom is 0.326 e. The van der Waals surface area contributed by atoms with Crippen molar-refractivity contribution in [2.45, 2.75) is 12.5 Å². The minimum atomic E-state index is -1.19. The number of rotatable bonds is 6. The zero-order valence-corrected chi connectivity index (χ0v) is 11.5. The summed E-state index contributed by atoms with van der Waals surface area (Å²) in [7, 11) is 0. The van der Waals surface area contributed by atoms with E-state index in [9.17, 15) is 18.4 Å². The number of nitrogens with one attached hydrogen (secondary N) is 2. The normalized spacial score (nSPS) is 11.8. The number of amides is 2. The molecule has 1 aromatic carbocycles. The number of anilines is 1. The van der Waals surface area contributed by atoms with Crippen molar-refractivity contribution >= 4 is 29.4 Å². The van der Waals surface area contributed by atoms with Gasteiger partial charge in [-0.15, -0.1) is 0 Å². The predicted octanol–water partition coefficient (Wildman–Crippen LogP) is 2.29. The van der Waals surface area contributed by atoms with Crippen LogP contribution in [0.3, 0.4) is 0 Å². The van der Waals surface area contributed by atoms with Crippen LogP contribution in [0.15, 0.2) is 18.2 Å². The van der Waals surface area contributed by atoms with E-state index in [1.54, 1.807) is 6.26 Å². The molecule has 0 fully saturated rings. The van der Waals surface area contributed by atoms with Crippen LogP contribution in [-0.2, 0) is 4.79 Å². The maximum atomic E-state index is 13.3. The molecule has 5 nitrogen and oxygen atoms in total. The van der Waals surface area contributed by atoms with Gasteiger partial charge in [0, 0.05) is 6.07 Å². The minimum absolute atomic E-state index is 0.232. The first-order chi connectivity index (χ1) is 9.43. The molecule has 1 aromatic rings. The van der Waals surface area contributed by atoms with Crippen molar-refractivity contribution in [3.8, 4) is 0 Å². The van der Waals surface area contributed by atoms with Crippen LogP contribution >= 0.6 is 11.8 Å². The van der Waals surface area contributed by atoms with E-state index in [1.165, 1.54) is 11.8 Å². The lowest BCUT2D eigenvalue weighted by Gasteiger charge is -2.14. The van der Waals surface area contributed by atoms with Crippen LogP contribution in [0.1, 0.15) is 6.42 Å². The molecule has 3 N–H and O–H groups in total. The van der Waals surface area contributed by atoms with E-state index >= 15 is 0 Å². The third-order valence-electron chi connectivity index (χ3n) is 2.39. The Morgan fingerprint density at radius 2 is 2.10 bits per heavy atom. The molecule has 0 spiro atoms. The quantitative estimate of drug-likeness (QED) is 0.753. The lowest BCUT2D eigenvalue weighted by atomic mass is 10.2. The number of benzene rings is 1. The fourth-order valence-corrected chi connectivity index (χ4v) is 1.87. The Kier molecular flexibility index (Phi) is 6.23. The van der Waals surface area contributed by atoms with Crippen LogP contribution in [0.2, 0.25) is 0 Å². The van der Waals surface area contributed by atoms with E-state index in [0.29, 0.717) is 5.75 Å². The van der Waals surface area contributed by atoms with Gasteiger partial charge >= 0.3 is 12.0 Å². The Balaban J connectivity index is 2.65. The van der Waals surface area contributed by atoms with E-state index in [2.05, 4.69) is 10.6 Å². The molecule has 1 unspecified atom stereocenters. The molecule has 0 radical (unpaired) electrons. The lowest BCUT2D eigenvalue weighted by Crippen LogP contribution is -2.43. The third kappa shape index (κ3) is 5.04. The number of thioether (sulfide) groups is 1. The van der Waals surface area contributed by atoms with Crippen molar-refractivity contribution < 1.29 is 23.5 Å². The summed E-state index contributed by atoms with van der Waals surface area (Å²) in [4.78, 5) is 22.5. The molecule has 110 valence electrons. The molecule has 0 aliphatic carbocycles. The largest absolute Gasteiger partial charge is 0.480 e. The monoisotopic (exact) mass is 304 g/mol. The highest BCUT2D eigenvalue weighted by Gasteiger charge is 2.19. The summed E-state index contributed by atoms with van der Waals surface area (Å²) in [6.45, 7) is 0. The van der Waals surface area contributed by atoms with Gasteiger partial charge in [0.05, 0.1) is 5.69 Å². The third-order valence-corrected chi connectivity index (χ3v) is 3.03. The van der Waals surface area contributed by atoms with Gasteiger partial charge in [-0.05, 0) is 30.6 Å². The summed E-state index contributed by atoms with van der Waals surface area (Å²) in [6, 6.07) is 0.610. The molecule has 1 rings (SSSR count). The number of carboxylic acids is 1. The lowest BCUT2D eigenvalue weighted by molar-refractivity contribution is -0.139. The fraction of sp³-hybridized carbons (Fsp3) is 0.333. The Bertz CT molecular complexity index is 500. The molecule has 0 aliphatic heterocycles. The Morgan fingerprint density at radius 3 is 2.70 bits per heavy atom. The minimum Gasteiger partial charge on any atom is -0.480 e. The molecule has 0 heterocycles. The van der Waals surface area contributed by atoms with Crippen molar-refractivity contribution in [1.82, 2.24) is 5.32 Å². The van der Waals surface area contributed by atoms with Crippen molar-refractivity contribution in [2.75, 3.05) is 17.3 Å². The van der Waals surface area contributed by atoms with Crippen molar-refractivity contribution in [3.63, 3.8) is 0 Å². The summed E-state index contributed by atoms with van der Waals surface area (Å²) in [6.07, 6.45) is 2.04. The topological polar surface area (TPSA) is 78.4 Å². The molecular weight excluding hydrogens is 290 g/mol. The zero-order valence-electron chi connectivity index (χ0n) is 10.7. The summed E-state index contributed by atoms with van der Waals surface area (Å²) in [5, 5.41) is 13.2. The number of halogens is 2. The zero-order chi connectivity index (χ0) is 15.1. The maximum absolute atomic E-state index is 13.3. The van der Waals surface area contributed by atoms with E-state index in [0.717, 1.165) is 18.2 Å². The molecule has 0 saturated carbocycles. The van der Waals surface area contributed by atoms with Gasteiger partial charge in [-0.3, -0.25) is 0 Å². The van der Waals surface area contributed by atoms with E-state index in [4.69, 9.17) is 5.11 Å². The van der Waals surface area contributed by atoms with Gasteiger partial charge in [0.15, 0.2) is 0 Å². The molecule has 1 atom stereocenters. The molecule has 2 amide bonds. The van der Waals surface area contributed by atoms with Gasteiger partial charge in [-0.2, -0.15) is 11.8 Å². The number of hydrogen-bond donors (Lipinski definition) is 3. The van der Waals surface area contributed by atoms with Gasteiger partial charge in [-0.25, -0.2) is 18.4 Å². The van der Waals surface area contributed by atoms with Crippen LogP contribution in [0.25, 0.3) is 0 Å². The molecule has 0 aromatic heterocycles. The van der Waals surface area contributed by atoms with E-state index in [-0.39, 0.29) is 12.1 Å². The van der Waals surface area contributed by atoms with Crippen LogP contribution in [0.4, 0.5) is 19.3 Å². The molecule has 0 aliphatic rings. The second-order valence-corrected chi connectivity index (χ2v) is 4.88. The highest BCUT2D eigenvalue weighted by atomic mass is 32.2. The van der Waals surface area contributed by atoms with Crippen LogP contribution in [0.5, 0.6) is 0 Å². The summed E-state index contributed by atoms with van der Waals surface area (Å²) in [5.74, 6) is -2.16. The Hall–Kier alpha value is -1.83. The average Bonchev–Trinajstić information content (AvgIpc) is 2.38. The molecule has 20 heavy (non-hydrogen) atoms. The second kappa shape index (κ2) is 7.68. The van der Waals surface area contributed by atoms with Crippen LogP contribution in [-0.4, -0.2) is 35.2 Å². The van der Waals surface area contributed by atoms with Gasteiger partial charge in [0.25, 0.3) is 0 Å². The highest BCUT2D eigenvalue weighted by Crippen LogP contribution is 2.15. The summed E-state index contributed by atoms with van der Waals surface area (Å²) >= 11 is 1.44. The first-order valence-electron chi connectivity index (χ1n) is 5.68. The van der Waals surface area contributed by atoms with Crippen molar-refractivity contribution in [1.29, 1.82) is 0 Å². The Morgan fingerprint density at radius 1 is 1.40 bits per heavy atom. The van der Waals surface area contributed by atoms with E-state index in [1.807, 2.05) is 0 Å². The number of carboxylic acid groups (broad SMARTS) is 1. The number of carbonyl (C=O) groups is 2. The van der Waals surface area contributed by atoms with E-state index < -0.39 is 29.7 Å². The van der Waals surface area contributed by atoms with Crippen LogP contribution < -0.4 is 10.6 Å². The second-order valence-electron chi connectivity index (χ2n) is 3.89. The Labute approximate surface area is 118 Å². The standard InChI is InChI=1S/C12H14F2N2O3S/c1-20-5-4-9(11(17)18)15-12(19)16-10-6-7(13)2-3-8(10)14/h2-3,6,9H,4-5H2,1H3,(H,17,18)(H2,15,16,19). The molecular formula is C12H14F2N2O3S. The van der Waals surface area contributed by atoms with Crippen molar-refractivity contribution in [2.24, 2.45) is 0 Å². The van der Waals surface area contributed by atoms with Crippen molar-refractivity contribution in [3.05, 3.63) is 29.8 Å². The van der Waals surface area contributed by atoms with Crippen LogP contribution in [0, 0.1) is 11.6 Å². The molecule has 8 heteroatoms.